The highest BCUT2D eigenvalue weighted by atomic mass is 16.5. The van der Waals surface area contributed by atoms with E-state index in [0.29, 0.717) is 18.5 Å². The fourth-order valence-electron chi connectivity index (χ4n) is 1.71. The molecule has 0 aromatic rings. The average molecular weight is 202 g/mol. The number of hydrogen-bond donors (Lipinski definition) is 2. The largest absolute Gasteiger partial charge is 0.381 e. The van der Waals surface area contributed by atoms with E-state index >= 15 is 0 Å². The van der Waals surface area contributed by atoms with Crippen LogP contribution in [-0.4, -0.2) is 45.6 Å². The smallest absolute Gasteiger partial charge is 0.0667 e. The normalized spacial score (nSPS) is 26.4. The molecule has 3 N–H and O–H groups in total. The van der Waals surface area contributed by atoms with Gasteiger partial charge in [0.25, 0.3) is 0 Å². The van der Waals surface area contributed by atoms with Crippen LogP contribution in [0.2, 0.25) is 0 Å². The Morgan fingerprint density at radius 3 is 2.93 bits per heavy atom. The summed E-state index contributed by atoms with van der Waals surface area (Å²) in [6, 6.07) is 0.370. The Kier molecular flexibility index (Phi) is 5.40. The van der Waals surface area contributed by atoms with Gasteiger partial charge in [0.1, 0.15) is 0 Å². The lowest BCUT2D eigenvalue weighted by atomic mass is 9.99. The first-order valence-corrected chi connectivity index (χ1v) is 5.32. The van der Waals surface area contributed by atoms with Gasteiger partial charge < -0.3 is 20.5 Å². The third-order valence-corrected chi connectivity index (χ3v) is 2.86. The van der Waals surface area contributed by atoms with Crippen molar-refractivity contribution in [3.63, 3.8) is 0 Å². The Hall–Kier alpha value is -0.160. The van der Waals surface area contributed by atoms with E-state index in [1.807, 2.05) is 6.92 Å². The van der Waals surface area contributed by atoms with Crippen molar-refractivity contribution in [1.29, 1.82) is 0 Å². The van der Waals surface area contributed by atoms with Gasteiger partial charge in [-0.1, -0.05) is 0 Å². The molecule has 0 radical (unpaired) electrons. The summed E-state index contributed by atoms with van der Waals surface area (Å²) >= 11 is 0. The summed E-state index contributed by atoms with van der Waals surface area (Å²) in [5, 5.41) is 3.43. The highest BCUT2D eigenvalue weighted by molar-refractivity contribution is 4.80. The number of rotatable bonds is 6. The van der Waals surface area contributed by atoms with Gasteiger partial charge in [0.2, 0.25) is 0 Å². The first-order valence-electron chi connectivity index (χ1n) is 5.32. The molecule has 0 bridgehead atoms. The summed E-state index contributed by atoms with van der Waals surface area (Å²) in [6.45, 7) is 5.30. The first kappa shape index (κ1) is 11.9. The van der Waals surface area contributed by atoms with Crippen molar-refractivity contribution in [2.75, 3.05) is 33.4 Å². The predicted octanol–water partition coefficient (Wildman–Crippen LogP) is -0.0253. The fraction of sp³-hybridized carbons (Fsp3) is 1.00. The van der Waals surface area contributed by atoms with Crippen LogP contribution in [0.4, 0.5) is 0 Å². The van der Waals surface area contributed by atoms with Crippen molar-refractivity contribution >= 4 is 0 Å². The minimum Gasteiger partial charge on any atom is -0.381 e. The number of ether oxygens (including phenoxy) is 2. The minimum atomic E-state index is 0.242. The Labute approximate surface area is 86.1 Å². The molecule has 14 heavy (non-hydrogen) atoms. The Bertz CT molecular complexity index is 149. The topological polar surface area (TPSA) is 56.5 Å². The van der Waals surface area contributed by atoms with Gasteiger partial charge in [-0.3, -0.25) is 0 Å². The van der Waals surface area contributed by atoms with Crippen molar-refractivity contribution in [3.05, 3.63) is 0 Å². The van der Waals surface area contributed by atoms with Crippen LogP contribution >= 0.6 is 0 Å². The molecule has 1 aliphatic heterocycles. The van der Waals surface area contributed by atoms with Crippen LogP contribution in [0.15, 0.2) is 0 Å². The molecule has 3 atom stereocenters. The van der Waals surface area contributed by atoms with Crippen LogP contribution in [0, 0.1) is 5.92 Å². The summed E-state index contributed by atoms with van der Waals surface area (Å²) in [7, 11) is 1.72. The molecule has 4 heteroatoms. The second kappa shape index (κ2) is 6.35. The molecule has 4 nitrogen and oxygen atoms in total. The molecular weight excluding hydrogens is 180 g/mol. The molecule has 3 unspecified atom stereocenters. The third-order valence-electron chi connectivity index (χ3n) is 2.86. The minimum absolute atomic E-state index is 0.242. The second-order valence-corrected chi connectivity index (χ2v) is 3.92. The first-order chi connectivity index (χ1) is 6.77. The van der Waals surface area contributed by atoms with Crippen molar-refractivity contribution in [2.45, 2.75) is 25.5 Å². The molecule has 1 fully saturated rings. The number of methoxy groups -OCH3 is 1. The average Bonchev–Trinajstić information content (AvgIpc) is 2.72. The van der Waals surface area contributed by atoms with E-state index in [2.05, 4.69) is 5.32 Å². The van der Waals surface area contributed by atoms with Crippen molar-refractivity contribution in [2.24, 2.45) is 11.7 Å². The molecule has 1 heterocycles. The number of nitrogens with two attached hydrogens (primary N) is 1. The van der Waals surface area contributed by atoms with Crippen LogP contribution < -0.4 is 11.1 Å². The van der Waals surface area contributed by atoms with Gasteiger partial charge in [0.15, 0.2) is 0 Å². The molecule has 1 aliphatic rings. The molecule has 1 saturated heterocycles. The van der Waals surface area contributed by atoms with Crippen LogP contribution in [-0.2, 0) is 9.47 Å². The maximum atomic E-state index is 5.72. The fourth-order valence-corrected chi connectivity index (χ4v) is 1.71. The van der Waals surface area contributed by atoms with Gasteiger partial charge in [-0.2, -0.15) is 0 Å². The SMILES string of the molecule is COC(C)CNC(CN)C1CCOC1. The lowest BCUT2D eigenvalue weighted by molar-refractivity contribution is 0.110. The molecule has 1 rings (SSSR count). The molecule has 0 amide bonds. The maximum absolute atomic E-state index is 5.72. The van der Waals surface area contributed by atoms with E-state index in [1.54, 1.807) is 7.11 Å². The third kappa shape index (κ3) is 3.53. The van der Waals surface area contributed by atoms with Crippen LogP contribution in [0.1, 0.15) is 13.3 Å². The van der Waals surface area contributed by atoms with Crippen LogP contribution in [0.5, 0.6) is 0 Å². The van der Waals surface area contributed by atoms with Crippen molar-refractivity contribution in [3.8, 4) is 0 Å². The van der Waals surface area contributed by atoms with Crippen LogP contribution in [0.25, 0.3) is 0 Å². The summed E-state index contributed by atoms with van der Waals surface area (Å²) in [6.07, 6.45) is 1.36. The predicted molar refractivity (Wildman–Crippen MR) is 56.2 cm³/mol. The van der Waals surface area contributed by atoms with E-state index < -0.39 is 0 Å². The van der Waals surface area contributed by atoms with Gasteiger partial charge >= 0.3 is 0 Å². The Morgan fingerprint density at radius 1 is 1.64 bits per heavy atom. The van der Waals surface area contributed by atoms with E-state index in [4.69, 9.17) is 15.2 Å². The molecule has 0 aromatic carbocycles. The van der Waals surface area contributed by atoms with Crippen molar-refractivity contribution in [1.82, 2.24) is 5.32 Å². The van der Waals surface area contributed by atoms with E-state index in [-0.39, 0.29) is 6.10 Å². The summed E-state index contributed by atoms with van der Waals surface area (Å²) in [4.78, 5) is 0. The monoisotopic (exact) mass is 202 g/mol. The molecule has 0 saturated carbocycles. The lowest BCUT2D eigenvalue weighted by Crippen LogP contribution is -2.45. The standard InChI is InChI=1S/C10H22N2O2/c1-8(13-2)6-12-10(5-11)9-3-4-14-7-9/h8-10,12H,3-7,11H2,1-2H3. The van der Waals surface area contributed by atoms with Gasteiger partial charge in [-0.15, -0.1) is 0 Å². The highest BCUT2D eigenvalue weighted by Gasteiger charge is 2.24. The van der Waals surface area contributed by atoms with Gasteiger partial charge in [-0.25, -0.2) is 0 Å². The van der Waals surface area contributed by atoms with E-state index in [1.165, 1.54) is 0 Å². The number of nitrogens with one attached hydrogen (secondary N) is 1. The van der Waals surface area contributed by atoms with E-state index in [0.717, 1.165) is 26.2 Å². The zero-order valence-electron chi connectivity index (χ0n) is 9.16. The van der Waals surface area contributed by atoms with Gasteiger partial charge in [0.05, 0.1) is 12.7 Å². The quantitative estimate of drug-likeness (QED) is 0.635. The molecule has 0 spiro atoms. The highest BCUT2D eigenvalue weighted by Crippen LogP contribution is 2.16. The summed E-state index contributed by atoms with van der Waals surface area (Å²) < 4.78 is 10.5. The van der Waals surface area contributed by atoms with Gasteiger partial charge in [0, 0.05) is 38.8 Å². The molecular formula is C10H22N2O2. The zero-order chi connectivity index (χ0) is 10.4. The van der Waals surface area contributed by atoms with Gasteiger partial charge in [-0.05, 0) is 13.3 Å². The Morgan fingerprint density at radius 2 is 2.43 bits per heavy atom. The number of hydrogen-bond acceptors (Lipinski definition) is 4. The summed E-state index contributed by atoms with van der Waals surface area (Å²) in [5.41, 5.74) is 5.72. The molecule has 84 valence electrons. The lowest BCUT2D eigenvalue weighted by Gasteiger charge is -2.23. The maximum Gasteiger partial charge on any atom is 0.0667 e. The second-order valence-electron chi connectivity index (χ2n) is 3.92. The molecule has 0 aromatic heterocycles. The summed E-state index contributed by atoms with van der Waals surface area (Å²) in [5.74, 6) is 0.573. The Balaban J connectivity index is 2.23. The van der Waals surface area contributed by atoms with Crippen molar-refractivity contribution < 1.29 is 9.47 Å². The molecule has 0 aliphatic carbocycles. The zero-order valence-corrected chi connectivity index (χ0v) is 9.16. The van der Waals surface area contributed by atoms with Crippen LogP contribution in [0.3, 0.4) is 0 Å². The van der Waals surface area contributed by atoms with E-state index in [9.17, 15) is 0 Å².